The van der Waals surface area contributed by atoms with Gasteiger partial charge >= 0.3 is 0 Å². The van der Waals surface area contributed by atoms with E-state index in [9.17, 15) is 9.59 Å². The SMILES string of the molecule is CC(C)(CBr)C(=O)CC1(c2ccccc2)C=C(c2ccccc2)C(=O)N1. The van der Waals surface area contributed by atoms with E-state index in [0.717, 1.165) is 11.1 Å². The van der Waals surface area contributed by atoms with Crippen molar-refractivity contribution in [1.82, 2.24) is 5.32 Å². The highest BCUT2D eigenvalue weighted by atomic mass is 79.9. The Morgan fingerprint density at radius 1 is 1.04 bits per heavy atom. The lowest BCUT2D eigenvalue weighted by molar-refractivity contribution is -0.127. The van der Waals surface area contributed by atoms with Gasteiger partial charge in [-0.3, -0.25) is 9.59 Å². The second kappa shape index (κ2) is 7.20. The molecule has 1 aliphatic heterocycles. The fraction of sp³-hybridized carbons (Fsp3) is 0.273. The van der Waals surface area contributed by atoms with Gasteiger partial charge in [-0.25, -0.2) is 0 Å². The molecule has 1 unspecified atom stereocenters. The Hall–Kier alpha value is -2.20. The minimum absolute atomic E-state index is 0.101. The largest absolute Gasteiger partial charge is 0.339 e. The van der Waals surface area contributed by atoms with Gasteiger partial charge in [-0.1, -0.05) is 90.4 Å². The zero-order chi connectivity index (χ0) is 18.8. The van der Waals surface area contributed by atoms with Gasteiger partial charge in [0, 0.05) is 22.7 Å². The fourth-order valence-electron chi connectivity index (χ4n) is 3.11. The molecular weight excluding hydrogens is 390 g/mol. The summed E-state index contributed by atoms with van der Waals surface area (Å²) < 4.78 is 0. The highest BCUT2D eigenvalue weighted by Gasteiger charge is 2.43. The molecule has 3 rings (SSSR count). The molecule has 4 heteroatoms. The average molecular weight is 412 g/mol. The van der Waals surface area contributed by atoms with Gasteiger partial charge in [0.2, 0.25) is 0 Å². The summed E-state index contributed by atoms with van der Waals surface area (Å²) in [4.78, 5) is 25.7. The Kier molecular flexibility index (Phi) is 5.15. The van der Waals surface area contributed by atoms with Crippen LogP contribution < -0.4 is 5.32 Å². The molecule has 0 bridgehead atoms. The number of amides is 1. The van der Waals surface area contributed by atoms with Gasteiger partial charge in [-0.2, -0.15) is 0 Å². The molecule has 0 fully saturated rings. The van der Waals surface area contributed by atoms with E-state index in [1.165, 1.54) is 0 Å². The molecule has 2 aromatic carbocycles. The van der Waals surface area contributed by atoms with Gasteiger partial charge in [0.05, 0.1) is 5.54 Å². The minimum Gasteiger partial charge on any atom is -0.339 e. The first-order chi connectivity index (χ1) is 12.4. The van der Waals surface area contributed by atoms with Crippen molar-refractivity contribution in [3.8, 4) is 0 Å². The third-order valence-electron chi connectivity index (χ3n) is 4.87. The van der Waals surface area contributed by atoms with E-state index in [4.69, 9.17) is 0 Å². The van der Waals surface area contributed by atoms with Crippen LogP contribution in [0, 0.1) is 5.41 Å². The number of carbonyl (C=O) groups is 2. The van der Waals surface area contributed by atoms with Crippen molar-refractivity contribution < 1.29 is 9.59 Å². The molecule has 0 spiro atoms. The standard InChI is InChI=1S/C22H22BrNO2/c1-21(2,15-23)19(25)14-22(17-11-7-4-8-12-17)13-18(20(26)24-22)16-9-5-3-6-10-16/h3-13H,14-15H2,1-2H3,(H,24,26). The van der Waals surface area contributed by atoms with Crippen LogP contribution in [0.2, 0.25) is 0 Å². The number of benzene rings is 2. The number of Topliss-reactive ketones (excluding diaryl/α,β-unsaturated/α-hetero) is 1. The number of halogens is 1. The first kappa shape index (κ1) is 18.6. The third-order valence-corrected chi connectivity index (χ3v) is 6.28. The first-order valence-electron chi connectivity index (χ1n) is 8.63. The van der Waals surface area contributed by atoms with Crippen molar-refractivity contribution in [3.05, 3.63) is 77.9 Å². The monoisotopic (exact) mass is 411 g/mol. The Balaban J connectivity index is 2.08. The summed E-state index contributed by atoms with van der Waals surface area (Å²) in [7, 11) is 0. The Bertz CT molecular complexity index is 843. The van der Waals surface area contributed by atoms with Crippen LogP contribution in [0.3, 0.4) is 0 Å². The second-order valence-corrected chi connectivity index (χ2v) is 7.89. The Labute approximate surface area is 162 Å². The molecule has 0 radical (unpaired) electrons. The zero-order valence-corrected chi connectivity index (χ0v) is 16.5. The summed E-state index contributed by atoms with van der Waals surface area (Å²) in [6.07, 6.45) is 2.14. The summed E-state index contributed by atoms with van der Waals surface area (Å²) in [5.41, 5.74) is 1.06. The van der Waals surface area contributed by atoms with Crippen molar-refractivity contribution in [3.63, 3.8) is 0 Å². The Morgan fingerprint density at radius 2 is 1.62 bits per heavy atom. The number of hydrogen-bond acceptors (Lipinski definition) is 2. The lowest BCUT2D eigenvalue weighted by Gasteiger charge is -2.31. The summed E-state index contributed by atoms with van der Waals surface area (Å²) >= 11 is 3.43. The van der Waals surface area contributed by atoms with Crippen molar-refractivity contribution >= 4 is 33.2 Å². The van der Waals surface area contributed by atoms with E-state index >= 15 is 0 Å². The van der Waals surface area contributed by atoms with Gasteiger partial charge < -0.3 is 5.32 Å². The highest BCUT2D eigenvalue weighted by molar-refractivity contribution is 9.09. The van der Waals surface area contributed by atoms with Gasteiger partial charge in [0.1, 0.15) is 5.78 Å². The summed E-state index contributed by atoms with van der Waals surface area (Å²) in [5, 5.41) is 3.67. The van der Waals surface area contributed by atoms with Crippen molar-refractivity contribution in [2.45, 2.75) is 25.8 Å². The predicted octanol–water partition coefficient (Wildman–Crippen LogP) is 4.48. The fourth-order valence-corrected chi connectivity index (χ4v) is 3.42. The normalized spacial score (nSPS) is 19.8. The van der Waals surface area contributed by atoms with E-state index in [1.54, 1.807) is 0 Å². The molecule has 0 saturated carbocycles. The maximum atomic E-state index is 13.0. The molecule has 26 heavy (non-hydrogen) atoms. The van der Waals surface area contributed by atoms with Crippen molar-refractivity contribution in [2.24, 2.45) is 5.41 Å². The number of hydrogen-bond donors (Lipinski definition) is 1. The van der Waals surface area contributed by atoms with E-state index in [2.05, 4.69) is 21.2 Å². The van der Waals surface area contributed by atoms with Crippen molar-refractivity contribution in [1.29, 1.82) is 0 Å². The van der Waals surface area contributed by atoms with Crippen LogP contribution in [0.15, 0.2) is 66.7 Å². The minimum atomic E-state index is -0.819. The second-order valence-electron chi connectivity index (χ2n) is 7.33. The van der Waals surface area contributed by atoms with Crippen LogP contribution in [-0.2, 0) is 15.1 Å². The molecule has 134 valence electrons. The number of carbonyl (C=O) groups excluding carboxylic acids is 2. The summed E-state index contributed by atoms with van der Waals surface area (Å²) in [5.74, 6) is -0.0476. The van der Waals surface area contributed by atoms with Gasteiger partial charge in [-0.15, -0.1) is 0 Å². The Morgan fingerprint density at radius 3 is 2.19 bits per heavy atom. The lowest BCUT2D eigenvalue weighted by atomic mass is 9.78. The van der Waals surface area contributed by atoms with Crippen LogP contribution in [0.5, 0.6) is 0 Å². The molecule has 0 aromatic heterocycles. The molecule has 0 saturated heterocycles. The smallest absolute Gasteiger partial charge is 0.252 e. The molecule has 1 amide bonds. The van der Waals surface area contributed by atoms with Gasteiger partial charge in [0.25, 0.3) is 5.91 Å². The summed E-state index contributed by atoms with van der Waals surface area (Å²) in [6, 6.07) is 19.3. The molecule has 1 aliphatic rings. The zero-order valence-electron chi connectivity index (χ0n) is 15.0. The van der Waals surface area contributed by atoms with Gasteiger partial charge in [0.15, 0.2) is 0 Å². The van der Waals surface area contributed by atoms with Crippen LogP contribution in [-0.4, -0.2) is 17.0 Å². The van der Waals surface area contributed by atoms with E-state index in [-0.39, 0.29) is 18.1 Å². The maximum Gasteiger partial charge on any atom is 0.252 e. The van der Waals surface area contributed by atoms with Crippen LogP contribution in [0.4, 0.5) is 0 Å². The molecule has 1 N–H and O–H groups in total. The molecule has 1 heterocycles. The molecule has 0 aliphatic carbocycles. The van der Waals surface area contributed by atoms with Crippen LogP contribution in [0.1, 0.15) is 31.4 Å². The van der Waals surface area contributed by atoms with E-state index < -0.39 is 11.0 Å². The van der Waals surface area contributed by atoms with E-state index in [1.807, 2.05) is 80.6 Å². The van der Waals surface area contributed by atoms with Gasteiger partial charge in [-0.05, 0) is 17.2 Å². The van der Waals surface area contributed by atoms with Crippen LogP contribution in [0.25, 0.3) is 5.57 Å². The van der Waals surface area contributed by atoms with Crippen molar-refractivity contribution in [2.75, 3.05) is 5.33 Å². The number of alkyl halides is 1. The third kappa shape index (κ3) is 3.51. The number of ketones is 1. The lowest BCUT2D eigenvalue weighted by Crippen LogP contribution is -2.44. The maximum absolute atomic E-state index is 13.0. The number of rotatable bonds is 6. The first-order valence-corrected chi connectivity index (χ1v) is 9.76. The highest BCUT2D eigenvalue weighted by Crippen LogP contribution is 2.38. The molecular formula is C22H22BrNO2. The molecule has 2 aromatic rings. The topological polar surface area (TPSA) is 46.2 Å². The summed E-state index contributed by atoms with van der Waals surface area (Å²) in [6.45, 7) is 3.84. The predicted molar refractivity (Wildman–Crippen MR) is 108 cm³/mol. The molecule has 3 nitrogen and oxygen atoms in total. The number of nitrogens with one attached hydrogen (secondary N) is 1. The molecule has 1 atom stereocenters. The van der Waals surface area contributed by atoms with Crippen LogP contribution >= 0.6 is 15.9 Å². The average Bonchev–Trinajstić information content (AvgIpc) is 3.00. The quantitative estimate of drug-likeness (QED) is 0.712. The van der Waals surface area contributed by atoms with E-state index in [0.29, 0.717) is 10.9 Å².